The van der Waals surface area contributed by atoms with Crippen LogP contribution in [0, 0.1) is 6.92 Å². The van der Waals surface area contributed by atoms with Crippen LogP contribution in [0.5, 0.6) is 0 Å². The molecule has 4 rings (SSSR count). The van der Waals surface area contributed by atoms with Gasteiger partial charge in [0.1, 0.15) is 5.01 Å². The van der Waals surface area contributed by atoms with E-state index in [1.54, 1.807) is 17.0 Å². The Labute approximate surface area is 189 Å². The number of likely N-dealkylation sites (tertiary alicyclic amines) is 1. The molecule has 0 bridgehead atoms. The van der Waals surface area contributed by atoms with Gasteiger partial charge in [0.2, 0.25) is 5.01 Å². The van der Waals surface area contributed by atoms with Crippen LogP contribution in [0.4, 0.5) is 16.2 Å². The number of carbonyl (C=O) groups excluding carboxylic acids is 2. The molecule has 1 atom stereocenters. The standard InChI is InChI=1S/C22H22ClN5O2S/c1-14-9-10-16(23)12-18(14)25-22(30)28-11-5-6-15(13-28)20-26-27-21(31-20)19(29)24-17-7-3-2-4-8-17/h2-4,7-10,12,15H,5-6,11,13H2,1H3,(H,24,29)(H,25,30)/t15-/m0/s1. The van der Waals surface area contributed by atoms with Crippen LogP contribution in [0.3, 0.4) is 0 Å². The molecular weight excluding hydrogens is 434 g/mol. The summed E-state index contributed by atoms with van der Waals surface area (Å²) in [6.07, 6.45) is 1.76. The Morgan fingerprint density at radius 2 is 1.94 bits per heavy atom. The van der Waals surface area contributed by atoms with Crippen molar-refractivity contribution in [1.82, 2.24) is 15.1 Å². The Morgan fingerprint density at radius 1 is 1.13 bits per heavy atom. The highest BCUT2D eigenvalue weighted by Crippen LogP contribution is 2.30. The second-order valence-electron chi connectivity index (χ2n) is 7.44. The number of para-hydroxylation sites is 1. The molecule has 1 aliphatic rings. The van der Waals surface area contributed by atoms with Gasteiger partial charge in [0, 0.05) is 35.4 Å². The SMILES string of the molecule is Cc1ccc(Cl)cc1NC(=O)N1CCC[C@H](c2nnc(C(=O)Nc3ccccc3)s2)C1. The fraction of sp³-hybridized carbons (Fsp3) is 0.273. The first-order valence-electron chi connectivity index (χ1n) is 10.0. The molecule has 31 heavy (non-hydrogen) atoms. The number of amides is 3. The van der Waals surface area contributed by atoms with E-state index in [0.29, 0.717) is 34.5 Å². The minimum absolute atomic E-state index is 0.0516. The van der Waals surface area contributed by atoms with Gasteiger partial charge in [0.15, 0.2) is 0 Å². The lowest BCUT2D eigenvalue weighted by Crippen LogP contribution is -2.41. The zero-order valence-corrected chi connectivity index (χ0v) is 18.5. The van der Waals surface area contributed by atoms with Crippen molar-refractivity contribution in [3.63, 3.8) is 0 Å². The lowest BCUT2D eigenvalue weighted by atomic mass is 9.99. The summed E-state index contributed by atoms with van der Waals surface area (Å²) in [5, 5.41) is 15.7. The molecule has 160 valence electrons. The molecular formula is C22H22ClN5O2S. The Morgan fingerprint density at radius 3 is 2.74 bits per heavy atom. The number of nitrogens with zero attached hydrogens (tertiary/aromatic N) is 3. The number of rotatable bonds is 4. The first-order chi connectivity index (χ1) is 15.0. The summed E-state index contributed by atoms with van der Waals surface area (Å²) >= 11 is 7.34. The van der Waals surface area contributed by atoms with Gasteiger partial charge < -0.3 is 15.5 Å². The highest BCUT2D eigenvalue weighted by Gasteiger charge is 2.28. The van der Waals surface area contributed by atoms with Crippen molar-refractivity contribution in [2.75, 3.05) is 23.7 Å². The summed E-state index contributed by atoms with van der Waals surface area (Å²) in [5.41, 5.74) is 2.36. The molecule has 0 radical (unpaired) electrons. The summed E-state index contributed by atoms with van der Waals surface area (Å²) in [6.45, 7) is 3.12. The minimum atomic E-state index is -0.281. The van der Waals surface area contributed by atoms with Crippen LogP contribution in [0.1, 0.15) is 39.1 Å². The number of urea groups is 1. The molecule has 0 saturated carbocycles. The van der Waals surface area contributed by atoms with Crippen LogP contribution in [-0.4, -0.2) is 40.1 Å². The van der Waals surface area contributed by atoms with Crippen LogP contribution in [0.2, 0.25) is 5.02 Å². The van der Waals surface area contributed by atoms with Crippen LogP contribution in [-0.2, 0) is 0 Å². The van der Waals surface area contributed by atoms with Gasteiger partial charge in [0.25, 0.3) is 5.91 Å². The number of halogens is 1. The summed E-state index contributed by atoms with van der Waals surface area (Å²) in [6, 6.07) is 14.5. The Balaban J connectivity index is 1.40. The molecule has 0 aliphatic carbocycles. The zero-order chi connectivity index (χ0) is 21.8. The van der Waals surface area contributed by atoms with E-state index in [4.69, 9.17) is 11.6 Å². The number of anilines is 2. The monoisotopic (exact) mass is 455 g/mol. The van der Waals surface area contributed by atoms with Crippen molar-refractivity contribution in [2.45, 2.75) is 25.7 Å². The Bertz CT molecular complexity index is 1090. The first-order valence-corrected chi connectivity index (χ1v) is 11.2. The number of piperidine rings is 1. The summed E-state index contributed by atoms with van der Waals surface area (Å²) in [4.78, 5) is 27.0. The van der Waals surface area contributed by atoms with Crippen LogP contribution < -0.4 is 10.6 Å². The van der Waals surface area contributed by atoms with E-state index in [2.05, 4.69) is 20.8 Å². The van der Waals surface area contributed by atoms with Gasteiger partial charge >= 0.3 is 6.03 Å². The van der Waals surface area contributed by atoms with Gasteiger partial charge in [-0.25, -0.2) is 4.79 Å². The summed E-state index contributed by atoms with van der Waals surface area (Å²) in [5.74, 6) is -0.229. The second kappa shape index (κ2) is 9.45. The highest BCUT2D eigenvalue weighted by atomic mass is 35.5. The average Bonchev–Trinajstić information content (AvgIpc) is 3.28. The third-order valence-corrected chi connectivity index (χ3v) is 6.49. The van der Waals surface area contributed by atoms with Crippen molar-refractivity contribution in [2.24, 2.45) is 0 Å². The zero-order valence-electron chi connectivity index (χ0n) is 17.0. The lowest BCUT2D eigenvalue weighted by Gasteiger charge is -2.31. The molecule has 2 aromatic carbocycles. The molecule has 0 unspecified atom stereocenters. The molecule has 3 amide bonds. The van der Waals surface area contributed by atoms with E-state index < -0.39 is 0 Å². The molecule has 1 aromatic heterocycles. The topological polar surface area (TPSA) is 87.2 Å². The molecule has 2 heterocycles. The molecule has 1 fully saturated rings. The third kappa shape index (κ3) is 5.21. The number of aromatic nitrogens is 2. The van der Waals surface area contributed by atoms with Crippen molar-refractivity contribution < 1.29 is 9.59 Å². The van der Waals surface area contributed by atoms with Gasteiger partial charge in [-0.05, 0) is 49.6 Å². The number of benzene rings is 2. The molecule has 1 saturated heterocycles. The van der Waals surface area contributed by atoms with Gasteiger partial charge in [0.05, 0.1) is 0 Å². The van der Waals surface area contributed by atoms with E-state index in [9.17, 15) is 9.59 Å². The lowest BCUT2D eigenvalue weighted by molar-refractivity contribution is 0.102. The van der Waals surface area contributed by atoms with E-state index in [-0.39, 0.29) is 17.9 Å². The predicted octanol–water partition coefficient (Wildman–Crippen LogP) is 5.16. The average molecular weight is 456 g/mol. The van der Waals surface area contributed by atoms with Gasteiger partial charge in [-0.1, -0.05) is 47.2 Å². The second-order valence-corrected chi connectivity index (χ2v) is 8.89. The predicted molar refractivity (Wildman–Crippen MR) is 123 cm³/mol. The number of nitrogens with one attached hydrogen (secondary N) is 2. The molecule has 1 aliphatic heterocycles. The highest BCUT2D eigenvalue weighted by molar-refractivity contribution is 7.13. The number of hydrogen-bond acceptors (Lipinski definition) is 5. The molecule has 2 N–H and O–H groups in total. The summed E-state index contributed by atoms with van der Waals surface area (Å²) in [7, 11) is 0. The van der Waals surface area contributed by atoms with Crippen molar-refractivity contribution in [3.8, 4) is 0 Å². The third-order valence-electron chi connectivity index (χ3n) is 5.17. The largest absolute Gasteiger partial charge is 0.324 e. The Kier molecular flexibility index (Phi) is 6.48. The maximum atomic E-state index is 12.8. The van der Waals surface area contributed by atoms with Crippen LogP contribution in [0.25, 0.3) is 0 Å². The fourth-order valence-corrected chi connectivity index (χ4v) is 4.52. The Hall–Kier alpha value is -2.97. The quantitative estimate of drug-likeness (QED) is 0.568. The first kappa shape index (κ1) is 21.3. The number of hydrogen-bond donors (Lipinski definition) is 2. The molecule has 3 aromatic rings. The molecule has 9 heteroatoms. The van der Waals surface area contributed by atoms with Crippen molar-refractivity contribution >= 4 is 46.3 Å². The van der Waals surface area contributed by atoms with E-state index in [0.717, 1.165) is 23.4 Å². The smallest absolute Gasteiger partial charge is 0.321 e. The van der Waals surface area contributed by atoms with E-state index in [1.165, 1.54) is 11.3 Å². The molecule has 7 nitrogen and oxygen atoms in total. The minimum Gasteiger partial charge on any atom is -0.324 e. The number of aryl methyl sites for hydroxylation is 1. The maximum Gasteiger partial charge on any atom is 0.321 e. The van der Waals surface area contributed by atoms with Crippen LogP contribution in [0.15, 0.2) is 48.5 Å². The van der Waals surface area contributed by atoms with E-state index >= 15 is 0 Å². The van der Waals surface area contributed by atoms with E-state index in [1.807, 2.05) is 43.3 Å². The molecule has 0 spiro atoms. The summed E-state index contributed by atoms with van der Waals surface area (Å²) < 4.78 is 0. The van der Waals surface area contributed by atoms with Gasteiger partial charge in [-0.2, -0.15) is 0 Å². The normalized spacial score (nSPS) is 16.1. The van der Waals surface area contributed by atoms with Crippen LogP contribution >= 0.6 is 22.9 Å². The fourth-order valence-electron chi connectivity index (χ4n) is 3.48. The van der Waals surface area contributed by atoms with Crippen molar-refractivity contribution in [3.05, 3.63) is 69.1 Å². The maximum absolute atomic E-state index is 12.8. The van der Waals surface area contributed by atoms with Gasteiger partial charge in [-0.3, -0.25) is 4.79 Å². The van der Waals surface area contributed by atoms with Gasteiger partial charge in [-0.15, -0.1) is 10.2 Å². The van der Waals surface area contributed by atoms with Crippen molar-refractivity contribution in [1.29, 1.82) is 0 Å². The number of carbonyl (C=O) groups is 2.